The monoisotopic (exact) mass is 404 g/mol. The number of ether oxygens (including phenoxy) is 2. The van der Waals surface area contributed by atoms with E-state index in [0.717, 1.165) is 22.8 Å². The summed E-state index contributed by atoms with van der Waals surface area (Å²) in [7, 11) is 3.23. The number of carbonyl (C=O) groups is 1. The van der Waals surface area contributed by atoms with Crippen LogP contribution in [-0.2, 0) is 0 Å². The van der Waals surface area contributed by atoms with Gasteiger partial charge in [-0.2, -0.15) is 0 Å². The van der Waals surface area contributed by atoms with Crippen LogP contribution in [0.4, 0.5) is 5.82 Å². The highest BCUT2D eigenvalue weighted by Crippen LogP contribution is 2.24. The molecule has 0 aliphatic carbocycles. The highest BCUT2D eigenvalue weighted by molar-refractivity contribution is 5.97. The van der Waals surface area contributed by atoms with Crippen LogP contribution in [0.3, 0.4) is 0 Å². The van der Waals surface area contributed by atoms with Crippen LogP contribution in [0, 0.1) is 0 Å². The Balaban J connectivity index is 1.41. The Morgan fingerprint density at radius 2 is 1.67 bits per heavy atom. The Labute approximate surface area is 175 Å². The maximum Gasteiger partial charge on any atom is 0.257 e. The van der Waals surface area contributed by atoms with Crippen molar-refractivity contribution >= 4 is 11.7 Å². The largest absolute Gasteiger partial charge is 0.497 e. The number of amides is 1. The van der Waals surface area contributed by atoms with Gasteiger partial charge in [-0.05, 0) is 36.4 Å². The van der Waals surface area contributed by atoms with E-state index >= 15 is 0 Å². The van der Waals surface area contributed by atoms with Crippen molar-refractivity contribution in [3.63, 3.8) is 0 Å². The van der Waals surface area contributed by atoms with Crippen molar-refractivity contribution in [2.24, 2.45) is 0 Å². The summed E-state index contributed by atoms with van der Waals surface area (Å²) in [6.07, 6.45) is 0. The summed E-state index contributed by atoms with van der Waals surface area (Å²) in [5, 5.41) is 8.78. The number of piperazine rings is 1. The molecule has 1 aliphatic rings. The summed E-state index contributed by atoms with van der Waals surface area (Å²) in [4.78, 5) is 16.9. The van der Waals surface area contributed by atoms with Crippen molar-refractivity contribution in [2.45, 2.75) is 0 Å². The van der Waals surface area contributed by atoms with Crippen LogP contribution in [0.1, 0.15) is 10.4 Å². The lowest BCUT2D eigenvalue weighted by atomic mass is 10.1. The molecule has 3 aromatic rings. The van der Waals surface area contributed by atoms with Crippen LogP contribution in [0.15, 0.2) is 60.7 Å². The Kier molecular flexibility index (Phi) is 5.79. The topological polar surface area (TPSA) is 67.8 Å². The van der Waals surface area contributed by atoms with E-state index in [1.165, 1.54) is 0 Å². The lowest BCUT2D eigenvalue weighted by Gasteiger charge is -2.35. The van der Waals surface area contributed by atoms with Crippen molar-refractivity contribution in [2.75, 3.05) is 45.3 Å². The van der Waals surface area contributed by atoms with Gasteiger partial charge in [-0.15, -0.1) is 10.2 Å². The number of hydrogen-bond donors (Lipinski definition) is 0. The summed E-state index contributed by atoms with van der Waals surface area (Å²) in [6.45, 7) is 2.65. The molecule has 1 saturated heterocycles. The fourth-order valence-electron chi connectivity index (χ4n) is 3.56. The smallest absolute Gasteiger partial charge is 0.257 e. The van der Waals surface area contributed by atoms with E-state index in [9.17, 15) is 4.79 Å². The van der Waals surface area contributed by atoms with Crippen LogP contribution in [0.5, 0.6) is 11.5 Å². The van der Waals surface area contributed by atoms with Gasteiger partial charge in [0, 0.05) is 31.7 Å². The average Bonchev–Trinajstić information content (AvgIpc) is 2.84. The number of anilines is 1. The molecular formula is C23H24N4O3. The van der Waals surface area contributed by atoms with E-state index < -0.39 is 0 Å². The first kappa shape index (κ1) is 19.7. The summed E-state index contributed by atoms with van der Waals surface area (Å²) in [5.74, 6) is 2.19. The summed E-state index contributed by atoms with van der Waals surface area (Å²) < 4.78 is 10.6. The van der Waals surface area contributed by atoms with Gasteiger partial charge >= 0.3 is 0 Å². The molecule has 1 aromatic heterocycles. The molecular weight excluding hydrogens is 380 g/mol. The van der Waals surface area contributed by atoms with Gasteiger partial charge < -0.3 is 19.3 Å². The molecule has 154 valence electrons. The van der Waals surface area contributed by atoms with Crippen LogP contribution in [-0.4, -0.2) is 61.4 Å². The number of nitrogens with zero attached hydrogens (tertiary/aromatic N) is 4. The molecule has 4 rings (SSSR count). The number of aromatic nitrogens is 2. The van der Waals surface area contributed by atoms with Crippen molar-refractivity contribution in [3.05, 3.63) is 66.2 Å². The number of carbonyl (C=O) groups excluding carboxylic acids is 1. The highest BCUT2D eigenvalue weighted by Gasteiger charge is 2.24. The molecule has 0 atom stereocenters. The Hall–Kier alpha value is -3.61. The lowest BCUT2D eigenvalue weighted by Crippen LogP contribution is -2.49. The highest BCUT2D eigenvalue weighted by atomic mass is 16.5. The van der Waals surface area contributed by atoms with Crippen molar-refractivity contribution in [1.29, 1.82) is 0 Å². The van der Waals surface area contributed by atoms with Crippen molar-refractivity contribution in [1.82, 2.24) is 15.1 Å². The van der Waals surface area contributed by atoms with E-state index in [1.54, 1.807) is 20.3 Å². The lowest BCUT2D eigenvalue weighted by molar-refractivity contribution is 0.0743. The maximum atomic E-state index is 12.9. The zero-order valence-corrected chi connectivity index (χ0v) is 17.1. The van der Waals surface area contributed by atoms with Crippen LogP contribution in [0.2, 0.25) is 0 Å². The molecule has 0 saturated carbocycles. The Morgan fingerprint density at radius 1 is 0.867 bits per heavy atom. The fourth-order valence-corrected chi connectivity index (χ4v) is 3.56. The third-order valence-corrected chi connectivity index (χ3v) is 5.24. The summed E-state index contributed by atoms with van der Waals surface area (Å²) in [5.41, 5.74) is 2.35. The maximum absolute atomic E-state index is 12.9. The predicted octanol–water partition coefficient (Wildman–Crippen LogP) is 3.12. The minimum absolute atomic E-state index is 0.00782. The molecule has 0 radical (unpaired) electrons. The second-order valence-electron chi connectivity index (χ2n) is 6.99. The zero-order valence-electron chi connectivity index (χ0n) is 17.1. The Bertz CT molecular complexity index is 1010. The molecule has 0 unspecified atom stereocenters. The third kappa shape index (κ3) is 4.05. The zero-order chi connectivity index (χ0) is 20.9. The van der Waals surface area contributed by atoms with E-state index in [2.05, 4.69) is 15.1 Å². The normalized spacial score (nSPS) is 13.8. The fraction of sp³-hybridized carbons (Fsp3) is 0.261. The Morgan fingerprint density at radius 3 is 2.37 bits per heavy atom. The first-order chi connectivity index (χ1) is 14.7. The van der Waals surface area contributed by atoms with Gasteiger partial charge in [0.1, 0.15) is 11.5 Å². The van der Waals surface area contributed by atoms with Gasteiger partial charge in [0.25, 0.3) is 5.91 Å². The molecule has 0 N–H and O–H groups in total. The van der Waals surface area contributed by atoms with E-state index in [-0.39, 0.29) is 5.91 Å². The minimum atomic E-state index is -0.00782. The molecule has 0 spiro atoms. The molecule has 1 fully saturated rings. The number of rotatable bonds is 5. The minimum Gasteiger partial charge on any atom is -0.497 e. The van der Waals surface area contributed by atoms with Gasteiger partial charge in [-0.3, -0.25) is 4.79 Å². The molecule has 1 amide bonds. The predicted molar refractivity (Wildman–Crippen MR) is 115 cm³/mol. The van der Waals surface area contributed by atoms with Gasteiger partial charge in [0.2, 0.25) is 0 Å². The third-order valence-electron chi connectivity index (χ3n) is 5.24. The first-order valence-electron chi connectivity index (χ1n) is 9.85. The number of benzene rings is 2. The molecule has 30 heavy (non-hydrogen) atoms. The van der Waals surface area contributed by atoms with Crippen molar-refractivity contribution < 1.29 is 14.3 Å². The van der Waals surface area contributed by atoms with Gasteiger partial charge in [0.15, 0.2) is 5.82 Å². The average molecular weight is 404 g/mol. The second kappa shape index (κ2) is 8.82. The molecule has 2 heterocycles. The van der Waals surface area contributed by atoms with Crippen LogP contribution < -0.4 is 14.4 Å². The molecule has 1 aliphatic heterocycles. The number of methoxy groups -OCH3 is 2. The summed E-state index contributed by atoms with van der Waals surface area (Å²) in [6, 6.07) is 19.0. The van der Waals surface area contributed by atoms with Gasteiger partial charge in [0.05, 0.1) is 25.5 Å². The number of hydrogen-bond acceptors (Lipinski definition) is 6. The SMILES string of the molecule is COc1cccc(-c2ccc(N3CCN(C(=O)c4ccccc4OC)CC3)nn2)c1. The molecule has 2 aromatic carbocycles. The molecule has 7 nitrogen and oxygen atoms in total. The summed E-state index contributed by atoms with van der Waals surface area (Å²) >= 11 is 0. The van der Waals surface area contributed by atoms with Gasteiger partial charge in [-0.25, -0.2) is 0 Å². The molecule has 0 bridgehead atoms. The second-order valence-corrected chi connectivity index (χ2v) is 6.99. The first-order valence-corrected chi connectivity index (χ1v) is 9.85. The van der Waals surface area contributed by atoms with E-state index in [1.807, 2.05) is 59.5 Å². The van der Waals surface area contributed by atoms with Crippen LogP contribution >= 0.6 is 0 Å². The van der Waals surface area contributed by atoms with E-state index in [0.29, 0.717) is 37.5 Å². The van der Waals surface area contributed by atoms with E-state index in [4.69, 9.17) is 9.47 Å². The molecule has 7 heteroatoms. The van der Waals surface area contributed by atoms with Crippen molar-refractivity contribution in [3.8, 4) is 22.8 Å². The van der Waals surface area contributed by atoms with Crippen LogP contribution in [0.25, 0.3) is 11.3 Å². The standard InChI is InChI=1S/C23H24N4O3/c1-29-18-7-5-6-17(16-18)20-10-11-22(25-24-20)26-12-14-27(15-13-26)23(28)19-8-3-4-9-21(19)30-2/h3-11,16H,12-15H2,1-2H3. The quantitative estimate of drug-likeness (QED) is 0.651. The number of para-hydroxylation sites is 1. The van der Waals surface area contributed by atoms with Gasteiger partial charge in [-0.1, -0.05) is 24.3 Å².